The molecule has 1 aliphatic carbocycles. The van der Waals surface area contributed by atoms with Gasteiger partial charge in [0.25, 0.3) is 0 Å². The van der Waals surface area contributed by atoms with Gasteiger partial charge in [0, 0.05) is 24.8 Å². The lowest BCUT2D eigenvalue weighted by atomic mass is 10.1. The van der Waals surface area contributed by atoms with Gasteiger partial charge in [-0.15, -0.1) is 0 Å². The van der Waals surface area contributed by atoms with Crippen molar-refractivity contribution in [2.45, 2.75) is 51.5 Å². The van der Waals surface area contributed by atoms with Crippen LogP contribution in [0.2, 0.25) is 0 Å². The van der Waals surface area contributed by atoms with Crippen molar-refractivity contribution in [2.24, 2.45) is 5.92 Å². The van der Waals surface area contributed by atoms with Crippen molar-refractivity contribution in [2.75, 3.05) is 24.5 Å². The second-order valence-corrected chi connectivity index (χ2v) is 6.43. The zero-order valence-corrected chi connectivity index (χ0v) is 12.8. The molecule has 1 N–H and O–H groups in total. The summed E-state index contributed by atoms with van der Waals surface area (Å²) in [5, 5.41) is 3.79. The standard InChI is InChI=1S/C18H28N2/c1-2-12-19-17(15-10-11-15)14-20-13-6-5-8-16-7-3-4-9-18(16)20/h3-4,7,9,15,17,19H,2,5-6,8,10-14H2,1H3. The molecule has 2 aliphatic rings. The highest BCUT2D eigenvalue weighted by Crippen LogP contribution is 2.34. The summed E-state index contributed by atoms with van der Waals surface area (Å²) < 4.78 is 0. The molecule has 1 aliphatic heterocycles. The largest absolute Gasteiger partial charge is 0.370 e. The van der Waals surface area contributed by atoms with Crippen LogP contribution in [0.1, 0.15) is 44.6 Å². The lowest BCUT2D eigenvalue weighted by Gasteiger charge is -2.30. The monoisotopic (exact) mass is 272 g/mol. The molecular formula is C18H28N2. The third-order valence-electron chi connectivity index (χ3n) is 4.72. The average Bonchev–Trinajstić information content (AvgIpc) is 3.31. The second-order valence-electron chi connectivity index (χ2n) is 6.43. The van der Waals surface area contributed by atoms with Gasteiger partial charge in [0.1, 0.15) is 0 Å². The van der Waals surface area contributed by atoms with Crippen LogP contribution < -0.4 is 10.2 Å². The minimum absolute atomic E-state index is 0.695. The molecule has 2 nitrogen and oxygen atoms in total. The normalized spacial score (nSPS) is 20.4. The third kappa shape index (κ3) is 3.35. The third-order valence-corrected chi connectivity index (χ3v) is 4.72. The minimum atomic E-state index is 0.695. The molecule has 110 valence electrons. The Morgan fingerprint density at radius 1 is 1.25 bits per heavy atom. The maximum Gasteiger partial charge on any atom is 0.0399 e. The Bertz CT molecular complexity index is 425. The first kappa shape index (κ1) is 13.9. The molecule has 3 rings (SSSR count). The van der Waals surface area contributed by atoms with Gasteiger partial charge in [-0.1, -0.05) is 25.1 Å². The fourth-order valence-corrected chi connectivity index (χ4v) is 3.40. The molecule has 0 aromatic heterocycles. The number of fused-ring (bicyclic) bond motifs is 1. The molecule has 0 radical (unpaired) electrons. The first-order valence-electron chi connectivity index (χ1n) is 8.44. The molecule has 0 bridgehead atoms. The molecule has 20 heavy (non-hydrogen) atoms. The Labute approximate surface area is 123 Å². The van der Waals surface area contributed by atoms with E-state index in [1.807, 2.05) is 0 Å². The van der Waals surface area contributed by atoms with Gasteiger partial charge in [-0.2, -0.15) is 0 Å². The van der Waals surface area contributed by atoms with Crippen molar-refractivity contribution in [1.82, 2.24) is 5.32 Å². The van der Waals surface area contributed by atoms with Crippen LogP contribution in [0.25, 0.3) is 0 Å². The molecule has 2 heteroatoms. The van der Waals surface area contributed by atoms with Gasteiger partial charge in [0.05, 0.1) is 0 Å². The maximum absolute atomic E-state index is 3.79. The summed E-state index contributed by atoms with van der Waals surface area (Å²) in [6.45, 7) is 5.85. The van der Waals surface area contributed by atoms with Gasteiger partial charge < -0.3 is 10.2 Å². The second kappa shape index (κ2) is 6.62. The maximum atomic E-state index is 3.79. The molecule has 1 atom stereocenters. The van der Waals surface area contributed by atoms with Gasteiger partial charge in [-0.05, 0) is 62.6 Å². The van der Waals surface area contributed by atoms with Gasteiger partial charge >= 0.3 is 0 Å². The topological polar surface area (TPSA) is 15.3 Å². The molecule has 0 saturated heterocycles. The van der Waals surface area contributed by atoms with E-state index in [9.17, 15) is 0 Å². The summed E-state index contributed by atoms with van der Waals surface area (Å²) in [4.78, 5) is 2.65. The Hall–Kier alpha value is -1.02. The van der Waals surface area contributed by atoms with Crippen LogP contribution in [-0.4, -0.2) is 25.7 Å². The van der Waals surface area contributed by atoms with Crippen LogP contribution in [-0.2, 0) is 6.42 Å². The van der Waals surface area contributed by atoms with E-state index in [4.69, 9.17) is 0 Å². The number of rotatable bonds is 6. The van der Waals surface area contributed by atoms with E-state index in [2.05, 4.69) is 41.4 Å². The molecular weight excluding hydrogens is 244 g/mol. The summed E-state index contributed by atoms with van der Waals surface area (Å²) in [7, 11) is 0. The summed E-state index contributed by atoms with van der Waals surface area (Å²) >= 11 is 0. The van der Waals surface area contributed by atoms with E-state index in [0.29, 0.717) is 6.04 Å². The number of anilines is 1. The van der Waals surface area contributed by atoms with E-state index in [0.717, 1.165) is 12.5 Å². The Morgan fingerprint density at radius 3 is 2.90 bits per heavy atom. The van der Waals surface area contributed by atoms with Crippen LogP contribution >= 0.6 is 0 Å². The van der Waals surface area contributed by atoms with E-state index in [1.54, 1.807) is 5.56 Å². The fourth-order valence-electron chi connectivity index (χ4n) is 3.40. The number of aryl methyl sites for hydroxylation is 1. The Morgan fingerprint density at radius 2 is 2.10 bits per heavy atom. The van der Waals surface area contributed by atoms with Crippen molar-refractivity contribution in [3.05, 3.63) is 29.8 Å². The summed E-state index contributed by atoms with van der Waals surface area (Å²) in [5.41, 5.74) is 3.05. The number of nitrogens with zero attached hydrogens (tertiary/aromatic N) is 1. The number of hydrogen-bond donors (Lipinski definition) is 1. The summed E-state index contributed by atoms with van der Waals surface area (Å²) in [6.07, 6.45) is 8.01. The highest BCUT2D eigenvalue weighted by atomic mass is 15.2. The molecule has 1 heterocycles. The molecule has 1 aromatic rings. The number of para-hydroxylation sites is 1. The molecule has 1 fully saturated rings. The Kier molecular flexibility index (Phi) is 4.62. The predicted molar refractivity (Wildman–Crippen MR) is 86.4 cm³/mol. The highest BCUT2D eigenvalue weighted by molar-refractivity contribution is 5.54. The zero-order chi connectivity index (χ0) is 13.8. The highest BCUT2D eigenvalue weighted by Gasteiger charge is 2.32. The van der Waals surface area contributed by atoms with Crippen LogP contribution in [0.5, 0.6) is 0 Å². The van der Waals surface area contributed by atoms with E-state index in [1.165, 1.54) is 57.3 Å². The van der Waals surface area contributed by atoms with Gasteiger partial charge in [-0.25, -0.2) is 0 Å². The van der Waals surface area contributed by atoms with Crippen molar-refractivity contribution >= 4 is 5.69 Å². The molecule has 0 amide bonds. The lowest BCUT2D eigenvalue weighted by Crippen LogP contribution is -2.43. The lowest BCUT2D eigenvalue weighted by molar-refractivity contribution is 0.455. The minimum Gasteiger partial charge on any atom is -0.370 e. The number of benzene rings is 1. The number of hydrogen-bond acceptors (Lipinski definition) is 2. The van der Waals surface area contributed by atoms with Gasteiger partial charge in [-0.3, -0.25) is 0 Å². The van der Waals surface area contributed by atoms with Crippen molar-refractivity contribution in [1.29, 1.82) is 0 Å². The Balaban J connectivity index is 1.71. The van der Waals surface area contributed by atoms with Crippen molar-refractivity contribution in [3.63, 3.8) is 0 Å². The molecule has 1 unspecified atom stereocenters. The first-order chi connectivity index (χ1) is 9.88. The van der Waals surface area contributed by atoms with E-state index < -0.39 is 0 Å². The van der Waals surface area contributed by atoms with Crippen LogP contribution in [0.3, 0.4) is 0 Å². The summed E-state index contributed by atoms with van der Waals surface area (Å²) in [5.74, 6) is 0.928. The fraction of sp³-hybridized carbons (Fsp3) is 0.667. The smallest absolute Gasteiger partial charge is 0.0399 e. The number of nitrogens with one attached hydrogen (secondary N) is 1. The molecule has 0 spiro atoms. The quantitative estimate of drug-likeness (QED) is 0.851. The first-order valence-corrected chi connectivity index (χ1v) is 8.44. The predicted octanol–water partition coefficient (Wildman–Crippen LogP) is 3.61. The SMILES string of the molecule is CCCNC(CN1CCCCc2ccccc21)C1CC1. The van der Waals surface area contributed by atoms with Crippen LogP contribution in [0, 0.1) is 5.92 Å². The summed E-state index contributed by atoms with van der Waals surface area (Å²) in [6, 6.07) is 9.73. The zero-order valence-electron chi connectivity index (χ0n) is 12.8. The van der Waals surface area contributed by atoms with E-state index in [-0.39, 0.29) is 0 Å². The van der Waals surface area contributed by atoms with E-state index >= 15 is 0 Å². The van der Waals surface area contributed by atoms with Crippen molar-refractivity contribution in [3.8, 4) is 0 Å². The van der Waals surface area contributed by atoms with Gasteiger partial charge in [0.2, 0.25) is 0 Å². The van der Waals surface area contributed by atoms with Crippen molar-refractivity contribution < 1.29 is 0 Å². The molecule has 1 aromatic carbocycles. The van der Waals surface area contributed by atoms with Crippen LogP contribution in [0.15, 0.2) is 24.3 Å². The van der Waals surface area contributed by atoms with Crippen LogP contribution in [0.4, 0.5) is 5.69 Å². The molecule has 1 saturated carbocycles. The van der Waals surface area contributed by atoms with Gasteiger partial charge in [0.15, 0.2) is 0 Å². The average molecular weight is 272 g/mol.